The second-order valence-electron chi connectivity index (χ2n) is 6.10. The summed E-state index contributed by atoms with van der Waals surface area (Å²) in [5, 5.41) is 3.32. The summed E-state index contributed by atoms with van der Waals surface area (Å²) in [6.45, 7) is 9.47. The molecule has 0 radical (unpaired) electrons. The number of halogens is 3. The number of hydrogen-bond donors (Lipinski definition) is 1. The van der Waals surface area contributed by atoms with Crippen LogP contribution in [0.4, 0.5) is 8.78 Å². The van der Waals surface area contributed by atoms with Gasteiger partial charge in [0.05, 0.1) is 0 Å². The zero-order valence-electron chi connectivity index (χ0n) is 13.7. The molecule has 1 saturated heterocycles. The molecule has 2 nitrogen and oxygen atoms in total. The van der Waals surface area contributed by atoms with Crippen LogP contribution in [0.5, 0.6) is 0 Å². The van der Waals surface area contributed by atoms with Gasteiger partial charge in [0.15, 0.2) is 11.6 Å². The Balaban J connectivity index is 0.00000242. The van der Waals surface area contributed by atoms with Crippen LogP contribution in [0.3, 0.4) is 0 Å². The maximum atomic E-state index is 14.5. The van der Waals surface area contributed by atoms with Crippen molar-refractivity contribution in [2.24, 2.45) is 5.92 Å². The Kier molecular flexibility index (Phi) is 7.74. The van der Waals surface area contributed by atoms with Crippen molar-refractivity contribution >= 4 is 12.4 Å². The van der Waals surface area contributed by atoms with Gasteiger partial charge in [-0.2, -0.15) is 0 Å². The van der Waals surface area contributed by atoms with E-state index in [0.29, 0.717) is 17.0 Å². The predicted molar refractivity (Wildman–Crippen MR) is 89.6 cm³/mol. The normalized spacial score (nSPS) is 18.6. The Morgan fingerprint density at radius 3 is 2.41 bits per heavy atom. The molecular formula is C17H27ClF2N2. The summed E-state index contributed by atoms with van der Waals surface area (Å²) in [6, 6.07) is 3.43. The third-order valence-electron chi connectivity index (χ3n) is 4.45. The molecule has 0 bridgehead atoms. The summed E-state index contributed by atoms with van der Waals surface area (Å²) >= 11 is 0. The number of benzene rings is 1. The average Bonchev–Trinajstić information content (AvgIpc) is 2.49. The molecule has 2 atom stereocenters. The lowest BCUT2D eigenvalue weighted by atomic mass is 9.88. The van der Waals surface area contributed by atoms with E-state index >= 15 is 0 Å². The summed E-state index contributed by atoms with van der Waals surface area (Å²) in [5.74, 6) is -1.05. The standard InChI is InChI=1S/C17H26F2N2.ClH/c1-4-5-13(3)17(21-10-8-20-9-11-21)14-7-6-12(2)15(18)16(14)19;/h6-7,13,17,20H,4-5,8-11H2,1-3H3;1H/t13?,17-;/m0./s1. The lowest BCUT2D eigenvalue weighted by molar-refractivity contribution is 0.122. The molecule has 1 aliphatic heterocycles. The second kappa shape index (κ2) is 8.80. The topological polar surface area (TPSA) is 15.3 Å². The van der Waals surface area contributed by atoms with E-state index in [1.54, 1.807) is 19.1 Å². The van der Waals surface area contributed by atoms with Crippen LogP contribution in [0.15, 0.2) is 12.1 Å². The van der Waals surface area contributed by atoms with Crippen molar-refractivity contribution in [3.63, 3.8) is 0 Å². The van der Waals surface area contributed by atoms with Gasteiger partial charge in [-0.15, -0.1) is 12.4 Å². The van der Waals surface area contributed by atoms with Crippen molar-refractivity contribution in [2.75, 3.05) is 26.2 Å². The number of rotatable bonds is 5. The van der Waals surface area contributed by atoms with E-state index in [1.807, 2.05) is 0 Å². The van der Waals surface area contributed by atoms with Gasteiger partial charge < -0.3 is 5.32 Å². The van der Waals surface area contributed by atoms with E-state index in [2.05, 4.69) is 24.1 Å². The fourth-order valence-electron chi connectivity index (χ4n) is 3.33. The fraction of sp³-hybridized carbons (Fsp3) is 0.647. The third kappa shape index (κ3) is 4.18. The van der Waals surface area contributed by atoms with Crippen LogP contribution < -0.4 is 5.32 Å². The van der Waals surface area contributed by atoms with Crippen LogP contribution in [0, 0.1) is 24.5 Å². The van der Waals surface area contributed by atoms with E-state index < -0.39 is 11.6 Å². The highest BCUT2D eigenvalue weighted by Crippen LogP contribution is 2.34. The quantitative estimate of drug-likeness (QED) is 0.874. The predicted octanol–water partition coefficient (Wildman–Crippen LogP) is 4.08. The molecule has 0 aliphatic carbocycles. The van der Waals surface area contributed by atoms with Crippen molar-refractivity contribution < 1.29 is 8.78 Å². The molecule has 1 N–H and O–H groups in total. The molecular weight excluding hydrogens is 306 g/mol. The van der Waals surface area contributed by atoms with Crippen LogP contribution in [0.1, 0.15) is 43.9 Å². The first kappa shape index (κ1) is 19.3. The maximum absolute atomic E-state index is 14.5. The fourth-order valence-corrected chi connectivity index (χ4v) is 3.33. The van der Waals surface area contributed by atoms with Gasteiger partial charge in [-0.25, -0.2) is 8.78 Å². The highest BCUT2D eigenvalue weighted by Gasteiger charge is 2.30. The van der Waals surface area contributed by atoms with Gasteiger partial charge in [-0.1, -0.05) is 32.4 Å². The number of piperazine rings is 1. The largest absolute Gasteiger partial charge is 0.314 e. The van der Waals surface area contributed by atoms with Gasteiger partial charge in [-0.3, -0.25) is 4.90 Å². The maximum Gasteiger partial charge on any atom is 0.163 e. The van der Waals surface area contributed by atoms with Crippen LogP contribution >= 0.6 is 12.4 Å². The van der Waals surface area contributed by atoms with Gasteiger partial charge in [-0.05, 0) is 24.8 Å². The lowest BCUT2D eigenvalue weighted by Crippen LogP contribution is -2.46. The molecule has 0 amide bonds. The summed E-state index contributed by atoms with van der Waals surface area (Å²) < 4.78 is 28.4. The molecule has 2 rings (SSSR count). The zero-order valence-corrected chi connectivity index (χ0v) is 14.5. The van der Waals surface area contributed by atoms with Gasteiger partial charge in [0, 0.05) is 37.8 Å². The van der Waals surface area contributed by atoms with Gasteiger partial charge >= 0.3 is 0 Å². The summed E-state index contributed by atoms with van der Waals surface area (Å²) in [7, 11) is 0. The lowest BCUT2D eigenvalue weighted by Gasteiger charge is -2.39. The Labute approximate surface area is 138 Å². The van der Waals surface area contributed by atoms with E-state index in [9.17, 15) is 8.78 Å². The Morgan fingerprint density at radius 2 is 1.82 bits per heavy atom. The van der Waals surface area contributed by atoms with E-state index in [0.717, 1.165) is 39.0 Å². The van der Waals surface area contributed by atoms with Crippen molar-refractivity contribution in [3.8, 4) is 0 Å². The van der Waals surface area contributed by atoms with E-state index in [1.165, 1.54) is 0 Å². The van der Waals surface area contributed by atoms with Crippen LogP contribution in [0.25, 0.3) is 0 Å². The molecule has 1 aromatic carbocycles. The van der Waals surface area contributed by atoms with Crippen molar-refractivity contribution in [1.82, 2.24) is 10.2 Å². The van der Waals surface area contributed by atoms with Gasteiger partial charge in [0.1, 0.15) is 0 Å². The van der Waals surface area contributed by atoms with Crippen molar-refractivity contribution in [3.05, 3.63) is 34.9 Å². The first-order valence-corrected chi connectivity index (χ1v) is 7.95. The first-order chi connectivity index (χ1) is 10.1. The third-order valence-corrected chi connectivity index (χ3v) is 4.45. The average molecular weight is 333 g/mol. The molecule has 126 valence electrons. The molecule has 1 aliphatic rings. The monoisotopic (exact) mass is 332 g/mol. The van der Waals surface area contributed by atoms with Gasteiger partial charge in [0.2, 0.25) is 0 Å². The second-order valence-corrected chi connectivity index (χ2v) is 6.10. The molecule has 0 saturated carbocycles. The zero-order chi connectivity index (χ0) is 15.4. The molecule has 0 aromatic heterocycles. The SMILES string of the molecule is CCCC(C)[C@@H](c1ccc(C)c(F)c1F)N1CCNCC1.Cl. The molecule has 1 unspecified atom stereocenters. The molecule has 22 heavy (non-hydrogen) atoms. The Hall–Kier alpha value is -0.710. The highest BCUT2D eigenvalue weighted by atomic mass is 35.5. The minimum Gasteiger partial charge on any atom is -0.314 e. The van der Waals surface area contributed by atoms with Crippen molar-refractivity contribution in [1.29, 1.82) is 0 Å². The minimum atomic E-state index is -0.698. The number of nitrogens with one attached hydrogen (secondary N) is 1. The van der Waals surface area contributed by atoms with Crippen molar-refractivity contribution in [2.45, 2.75) is 39.7 Å². The number of aryl methyl sites for hydroxylation is 1. The summed E-state index contributed by atoms with van der Waals surface area (Å²) in [4.78, 5) is 2.30. The molecule has 1 fully saturated rings. The Bertz CT molecular complexity index is 476. The minimum absolute atomic E-state index is 0. The van der Waals surface area contributed by atoms with Crippen LogP contribution in [0.2, 0.25) is 0 Å². The molecule has 0 spiro atoms. The van der Waals surface area contributed by atoms with Crippen LogP contribution in [-0.2, 0) is 0 Å². The molecule has 1 aromatic rings. The molecule has 1 heterocycles. The number of nitrogens with zero attached hydrogens (tertiary/aromatic N) is 1. The van der Waals surface area contributed by atoms with E-state index in [4.69, 9.17) is 0 Å². The highest BCUT2D eigenvalue weighted by molar-refractivity contribution is 5.85. The summed E-state index contributed by atoms with van der Waals surface area (Å²) in [6.07, 6.45) is 2.07. The summed E-state index contributed by atoms with van der Waals surface area (Å²) in [5.41, 5.74) is 0.888. The smallest absolute Gasteiger partial charge is 0.163 e. The first-order valence-electron chi connectivity index (χ1n) is 7.95. The molecule has 5 heteroatoms. The number of hydrogen-bond acceptors (Lipinski definition) is 2. The van der Waals surface area contributed by atoms with E-state index in [-0.39, 0.29) is 18.4 Å². The Morgan fingerprint density at radius 1 is 1.18 bits per heavy atom. The van der Waals surface area contributed by atoms with Gasteiger partial charge in [0.25, 0.3) is 0 Å². The van der Waals surface area contributed by atoms with Crippen LogP contribution in [-0.4, -0.2) is 31.1 Å².